The van der Waals surface area contributed by atoms with Crippen LogP contribution in [0.25, 0.3) is 0 Å². The van der Waals surface area contributed by atoms with Gasteiger partial charge >= 0.3 is 6.03 Å². The van der Waals surface area contributed by atoms with E-state index in [4.69, 9.17) is 16.7 Å². The first-order valence-corrected chi connectivity index (χ1v) is 6.64. The summed E-state index contributed by atoms with van der Waals surface area (Å²) in [7, 11) is 0. The van der Waals surface area contributed by atoms with Gasteiger partial charge in [0.05, 0.1) is 0 Å². The number of aliphatic hydroxyl groups is 1. The molecule has 0 bridgehead atoms. The molecule has 1 rings (SSSR count). The Morgan fingerprint density at radius 3 is 2.79 bits per heavy atom. The summed E-state index contributed by atoms with van der Waals surface area (Å²) in [6, 6.07) is 3.23. The molecule has 6 heteroatoms. The number of aliphatic hydroxyl groups excluding tert-OH is 1. The third-order valence-corrected chi connectivity index (χ3v) is 3.32. The van der Waals surface area contributed by atoms with Crippen molar-refractivity contribution in [2.24, 2.45) is 0 Å². The van der Waals surface area contributed by atoms with Crippen LogP contribution in [0.5, 0.6) is 0 Å². The van der Waals surface area contributed by atoms with E-state index < -0.39 is 5.54 Å². The van der Waals surface area contributed by atoms with E-state index in [0.29, 0.717) is 18.1 Å². The van der Waals surface area contributed by atoms with Crippen LogP contribution in [0.4, 0.5) is 4.79 Å². The SMILES string of the molecule is CCC(C)(CCO)NC(=O)NCc1ccc(Cl)nc1. The average Bonchev–Trinajstić information content (AvgIpc) is 2.38. The second-order valence-corrected chi connectivity index (χ2v) is 5.07. The lowest BCUT2D eigenvalue weighted by Crippen LogP contribution is -2.50. The van der Waals surface area contributed by atoms with E-state index in [9.17, 15) is 4.79 Å². The summed E-state index contributed by atoms with van der Waals surface area (Å²) in [5.74, 6) is 0. The third-order valence-electron chi connectivity index (χ3n) is 3.10. The monoisotopic (exact) mass is 285 g/mol. The number of nitrogens with one attached hydrogen (secondary N) is 2. The fraction of sp³-hybridized carbons (Fsp3) is 0.538. The van der Waals surface area contributed by atoms with Crippen LogP contribution in [0, 0.1) is 0 Å². The molecule has 0 fully saturated rings. The fourth-order valence-corrected chi connectivity index (χ4v) is 1.70. The molecular formula is C13H20ClN3O2. The van der Waals surface area contributed by atoms with Crippen LogP contribution in [0.1, 0.15) is 32.3 Å². The van der Waals surface area contributed by atoms with Crippen molar-refractivity contribution < 1.29 is 9.90 Å². The van der Waals surface area contributed by atoms with Crippen molar-refractivity contribution in [2.75, 3.05) is 6.61 Å². The lowest BCUT2D eigenvalue weighted by Gasteiger charge is -2.29. The summed E-state index contributed by atoms with van der Waals surface area (Å²) in [5, 5.41) is 15.0. The molecule has 5 nitrogen and oxygen atoms in total. The Bertz CT molecular complexity index is 411. The van der Waals surface area contributed by atoms with Crippen molar-refractivity contribution in [3.8, 4) is 0 Å². The molecule has 0 spiro atoms. The van der Waals surface area contributed by atoms with Crippen LogP contribution >= 0.6 is 11.6 Å². The van der Waals surface area contributed by atoms with Crippen LogP contribution in [0.3, 0.4) is 0 Å². The van der Waals surface area contributed by atoms with Gasteiger partial charge in [-0.25, -0.2) is 9.78 Å². The number of pyridine rings is 1. The van der Waals surface area contributed by atoms with Crippen molar-refractivity contribution in [3.05, 3.63) is 29.0 Å². The molecule has 1 aromatic heterocycles. The Balaban J connectivity index is 2.45. The molecule has 0 radical (unpaired) electrons. The number of hydrogen-bond donors (Lipinski definition) is 3. The number of halogens is 1. The molecule has 0 saturated carbocycles. The Hall–Kier alpha value is -1.33. The molecular weight excluding hydrogens is 266 g/mol. The van der Waals surface area contributed by atoms with Crippen LogP contribution in [0.2, 0.25) is 5.15 Å². The van der Waals surface area contributed by atoms with Crippen LogP contribution in [-0.2, 0) is 6.54 Å². The van der Waals surface area contributed by atoms with Crippen molar-refractivity contribution in [1.29, 1.82) is 0 Å². The number of carbonyl (C=O) groups is 1. The van der Waals surface area contributed by atoms with Gasteiger partial charge in [-0.2, -0.15) is 0 Å². The number of hydrogen-bond acceptors (Lipinski definition) is 3. The van der Waals surface area contributed by atoms with Gasteiger partial charge in [0, 0.05) is 24.9 Å². The summed E-state index contributed by atoms with van der Waals surface area (Å²) in [6.45, 7) is 4.31. The number of carbonyl (C=O) groups excluding carboxylic acids is 1. The van der Waals surface area contributed by atoms with Crippen molar-refractivity contribution in [3.63, 3.8) is 0 Å². The molecule has 0 aromatic carbocycles. The normalized spacial score (nSPS) is 13.7. The summed E-state index contributed by atoms with van der Waals surface area (Å²) in [4.78, 5) is 15.7. The minimum atomic E-state index is -0.392. The highest BCUT2D eigenvalue weighted by molar-refractivity contribution is 6.29. The third kappa shape index (κ3) is 5.44. The minimum absolute atomic E-state index is 0.0473. The molecule has 0 aliphatic rings. The van der Waals surface area contributed by atoms with Crippen molar-refractivity contribution in [1.82, 2.24) is 15.6 Å². The maximum atomic E-state index is 11.8. The van der Waals surface area contributed by atoms with Gasteiger partial charge in [0.25, 0.3) is 0 Å². The van der Waals surface area contributed by atoms with Gasteiger partial charge in [0.2, 0.25) is 0 Å². The Labute approximate surface area is 118 Å². The summed E-state index contributed by atoms with van der Waals surface area (Å²) >= 11 is 5.68. The molecule has 1 heterocycles. The van der Waals surface area contributed by atoms with Gasteiger partial charge in [-0.05, 0) is 31.4 Å². The second-order valence-electron chi connectivity index (χ2n) is 4.68. The average molecular weight is 286 g/mol. The van der Waals surface area contributed by atoms with Crippen LogP contribution < -0.4 is 10.6 Å². The molecule has 2 amide bonds. The number of urea groups is 1. The largest absolute Gasteiger partial charge is 0.396 e. The van der Waals surface area contributed by atoms with Crippen LogP contribution in [-0.4, -0.2) is 28.3 Å². The Morgan fingerprint density at radius 2 is 2.26 bits per heavy atom. The molecule has 106 valence electrons. The van der Waals surface area contributed by atoms with Gasteiger partial charge in [-0.3, -0.25) is 0 Å². The van der Waals surface area contributed by atoms with Gasteiger partial charge < -0.3 is 15.7 Å². The molecule has 3 N–H and O–H groups in total. The Morgan fingerprint density at radius 1 is 1.53 bits per heavy atom. The van der Waals surface area contributed by atoms with E-state index >= 15 is 0 Å². The summed E-state index contributed by atoms with van der Waals surface area (Å²) in [6.07, 6.45) is 2.90. The van der Waals surface area contributed by atoms with E-state index in [1.165, 1.54) is 0 Å². The standard InChI is InChI=1S/C13H20ClN3O2/c1-3-13(2,6-7-18)17-12(19)16-9-10-4-5-11(14)15-8-10/h4-5,8,18H,3,6-7,9H2,1-2H3,(H2,16,17,19). The highest BCUT2D eigenvalue weighted by atomic mass is 35.5. The highest BCUT2D eigenvalue weighted by Gasteiger charge is 2.23. The molecule has 19 heavy (non-hydrogen) atoms. The first-order chi connectivity index (χ1) is 8.99. The Kier molecular flexibility index (Phi) is 6.05. The highest BCUT2D eigenvalue weighted by Crippen LogP contribution is 2.13. The molecule has 0 aliphatic carbocycles. The van der Waals surface area contributed by atoms with E-state index in [1.807, 2.05) is 19.9 Å². The van der Waals surface area contributed by atoms with Crippen LogP contribution in [0.15, 0.2) is 18.3 Å². The predicted octanol–water partition coefficient (Wildman–Crippen LogP) is 2.09. The molecule has 0 aliphatic heterocycles. The van der Waals surface area contributed by atoms with E-state index in [2.05, 4.69) is 15.6 Å². The molecule has 0 saturated heterocycles. The van der Waals surface area contributed by atoms with Crippen molar-refractivity contribution >= 4 is 17.6 Å². The lowest BCUT2D eigenvalue weighted by molar-refractivity contribution is 0.200. The zero-order valence-corrected chi connectivity index (χ0v) is 12.0. The number of amides is 2. The number of aromatic nitrogens is 1. The summed E-state index contributed by atoms with van der Waals surface area (Å²) in [5.41, 5.74) is 0.483. The predicted molar refractivity (Wildman–Crippen MR) is 75.0 cm³/mol. The second kappa shape index (κ2) is 7.31. The van der Waals surface area contributed by atoms with E-state index in [1.54, 1.807) is 12.3 Å². The van der Waals surface area contributed by atoms with Gasteiger partial charge in [-0.15, -0.1) is 0 Å². The van der Waals surface area contributed by atoms with Crippen molar-refractivity contribution in [2.45, 2.75) is 38.8 Å². The molecule has 1 atom stereocenters. The summed E-state index contributed by atoms with van der Waals surface area (Å²) < 4.78 is 0. The maximum Gasteiger partial charge on any atom is 0.315 e. The van der Waals surface area contributed by atoms with Gasteiger partial charge in [0.15, 0.2) is 0 Å². The topological polar surface area (TPSA) is 74.2 Å². The fourth-order valence-electron chi connectivity index (χ4n) is 1.59. The van der Waals surface area contributed by atoms with E-state index in [0.717, 1.165) is 12.0 Å². The zero-order chi connectivity index (χ0) is 14.3. The first-order valence-electron chi connectivity index (χ1n) is 6.26. The zero-order valence-electron chi connectivity index (χ0n) is 11.2. The van der Waals surface area contributed by atoms with E-state index in [-0.39, 0.29) is 12.6 Å². The molecule has 1 unspecified atom stereocenters. The first kappa shape index (κ1) is 15.7. The molecule has 1 aromatic rings. The smallest absolute Gasteiger partial charge is 0.315 e. The maximum absolute atomic E-state index is 11.8. The van der Waals surface area contributed by atoms with Gasteiger partial charge in [0.1, 0.15) is 5.15 Å². The van der Waals surface area contributed by atoms with Gasteiger partial charge in [-0.1, -0.05) is 24.6 Å². The number of nitrogens with zero attached hydrogens (tertiary/aromatic N) is 1. The quantitative estimate of drug-likeness (QED) is 0.701. The lowest BCUT2D eigenvalue weighted by atomic mass is 9.95. The number of rotatable bonds is 6. The minimum Gasteiger partial charge on any atom is -0.396 e.